The van der Waals surface area contributed by atoms with Crippen LogP contribution in [0.3, 0.4) is 0 Å². The quantitative estimate of drug-likeness (QED) is 0.233. The number of rotatable bonds is 9. The molecule has 1 saturated heterocycles. The monoisotopic (exact) mass is 552 g/mol. The molecule has 9 nitrogen and oxygen atoms in total. The zero-order chi connectivity index (χ0) is 27.4. The lowest BCUT2D eigenvalue weighted by atomic mass is 10.0. The first-order valence-electron chi connectivity index (χ1n) is 12.2. The highest BCUT2D eigenvalue weighted by Gasteiger charge is 2.21. The van der Waals surface area contributed by atoms with E-state index < -0.39 is 11.6 Å². The second-order valence-electron chi connectivity index (χ2n) is 8.89. The number of halogens is 2. The number of thiazole rings is 1. The van der Waals surface area contributed by atoms with Gasteiger partial charge in [-0.3, -0.25) is 5.41 Å². The van der Waals surface area contributed by atoms with Gasteiger partial charge in [-0.15, -0.1) is 11.3 Å². The molecule has 5 rings (SSSR count). The standard InChI is InChI=1S/C27H26F2N6O3S/c1-15-32-12-21(39-15)13-37-19-9-17(28)10-20(11-19)38-23-3-2-16(8-22(23)29)25(30)24-26(31)33-14-34-27(24)35-18-4-6-36-7-5-18/h2-3,8-12,14,18,30H,4-7,13H2,1H3,(H3,31,33,34,35). The third-order valence-electron chi connectivity index (χ3n) is 6.03. The molecule has 0 unspecified atom stereocenters. The molecular formula is C27H26F2N6O3S. The molecule has 12 heteroatoms. The van der Waals surface area contributed by atoms with Gasteiger partial charge in [-0.2, -0.15) is 0 Å². The maximum Gasteiger partial charge on any atom is 0.166 e. The molecule has 2 aromatic heterocycles. The second-order valence-corrected chi connectivity index (χ2v) is 10.2. The fourth-order valence-electron chi connectivity index (χ4n) is 4.11. The van der Waals surface area contributed by atoms with Crippen LogP contribution in [0.1, 0.15) is 33.9 Å². The van der Waals surface area contributed by atoms with Crippen molar-refractivity contribution >= 4 is 28.7 Å². The van der Waals surface area contributed by atoms with Gasteiger partial charge in [-0.1, -0.05) is 0 Å². The molecule has 202 valence electrons. The SMILES string of the molecule is Cc1ncc(COc2cc(F)cc(Oc3ccc(C(=N)c4c(N)ncnc4NC4CCOCC4)cc3F)c2)s1. The highest BCUT2D eigenvalue weighted by Crippen LogP contribution is 2.31. The van der Waals surface area contributed by atoms with E-state index in [0.717, 1.165) is 34.9 Å². The summed E-state index contributed by atoms with van der Waals surface area (Å²) in [5, 5.41) is 12.9. The zero-order valence-corrected chi connectivity index (χ0v) is 21.9. The summed E-state index contributed by atoms with van der Waals surface area (Å²) >= 11 is 1.48. The van der Waals surface area contributed by atoms with Crippen molar-refractivity contribution < 1.29 is 23.0 Å². The number of nitrogens with one attached hydrogen (secondary N) is 2. The fraction of sp³-hybridized carbons (Fsp3) is 0.259. The molecule has 4 aromatic rings. The number of nitrogen functional groups attached to an aromatic ring is 1. The van der Waals surface area contributed by atoms with Crippen molar-refractivity contribution in [2.45, 2.75) is 32.4 Å². The Morgan fingerprint density at radius 3 is 2.67 bits per heavy atom. The van der Waals surface area contributed by atoms with Gasteiger partial charge in [0.2, 0.25) is 0 Å². The van der Waals surface area contributed by atoms with Crippen molar-refractivity contribution in [1.29, 1.82) is 5.41 Å². The van der Waals surface area contributed by atoms with Crippen molar-refractivity contribution in [2.24, 2.45) is 0 Å². The summed E-state index contributed by atoms with van der Waals surface area (Å²) in [7, 11) is 0. The average molecular weight is 553 g/mol. The van der Waals surface area contributed by atoms with Crippen molar-refractivity contribution in [3.8, 4) is 17.2 Å². The van der Waals surface area contributed by atoms with Crippen LogP contribution in [0.4, 0.5) is 20.4 Å². The summed E-state index contributed by atoms with van der Waals surface area (Å²) in [6, 6.07) is 7.99. The first kappa shape index (κ1) is 26.4. The van der Waals surface area contributed by atoms with Crippen molar-refractivity contribution in [2.75, 3.05) is 24.3 Å². The minimum Gasteiger partial charge on any atom is -0.488 e. The van der Waals surface area contributed by atoms with Gasteiger partial charge in [-0.25, -0.2) is 23.7 Å². The van der Waals surface area contributed by atoms with E-state index in [2.05, 4.69) is 20.3 Å². The van der Waals surface area contributed by atoms with Gasteiger partial charge < -0.3 is 25.3 Å². The largest absolute Gasteiger partial charge is 0.488 e. The molecule has 4 N–H and O–H groups in total. The van der Waals surface area contributed by atoms with Gasteiger partial charge in [-0.05, 0) is 38.0 Å². The molecule has 1 fully saturated rings. The number of hydrogen-bond donors (Lipinski definition) is 3. The molecule has 2 aromatic carbocycles. The molecule has 0 bridgehead atoms. The highest BCUT2D eigenvalue weighted by molar-refractivity contribution is 7.11. The van der Waals surface area contributed by atoms with Crippen LogP contribution in [0.2, 0.25) is 0 Å². The predicted octanol–water partition coefficient (Wildman–Crippen LogP) is 5.48. The van der Waals surface area contributed by atoms with Gasteiger partial charge in [0, 0.05) is 49.2 Å². The van der Waals surface area contributed by atoms with Gasteiger partial charge in [0.25, 0.3) is 0 Å². The van der Waals surface area contributed by atoms with Crippen LogP contribution >= 0.6 is 11.3 Å². The van der Waals surface area contributed by atoms with E-state index in [1.165, 1.54) is 41.9 Å². The number of benzene rings is 2. The van der Waals surface area contributed by atoms with Crippen molar-refractivity contribution in [1.82, 2.24) is 15.0 Å². The third-order valence-corrected chi connectivity index (χ3v) is 6.92. The fourth-order valence-corrected chi connectivity index (χ4v) is 4.81. The van der Waals surface area contributed by atoms with Crippen LogP contribution in [-0.4, -0.2) is 39.9 Å². The average Bonchev–Trinajstić information content (AvgIpc) is 3.34. The maximum absolute atomic E-state index is 15.1. The van der Waals surface area contributed by atoms with Crippen LogP contribution in [0.15, 0.2) is 48.9 Å². The van der Waals surface area contributed by atoms with E-state index in [1.807, 2.05) is 6.92 Å². The van der Waals surface area contributed by atoms with E-state index in [1.54, 1.807) is 6.20 Å². The lowest BCUT2D eigenvalue weighted by Gasteiger charge is -2.25. The Morgan fingerprint density at radius 2 is 1.92 bits per heavy atom. The summed E-state index contributed by atoms with van der Waals surface area (Å²) in [4.78, 5) is 13.3. The Labute approximate surface area is 227 Å². The van der Waals surface area contributed by atoms with Crippen LogP contribution in [0.5, 0.6) is 17.2 Å². The second kappa shape index (κ2) is 11.7. The van der Waals surface area contributed by atoms with Gasteiger partial charge >= 0.3 is 0 Å². The van der Waals surface area contributed by atoms with Crippen LogP contribution in [-0.2, 0) is 11.3 Å². The molecule has 3 heterocycles. The molecule has 0 radical (unpaired) electrons. The third kappa shape index (κ3) is 6.47. The minimum atomic E-state index is -0.738. The van der Waals surface area contributed by atoms with Gasteiger partial charge in [0.05, 0.1) is 21.2 Å². The first-order chi connectivity index (χ1) is 18.9. The summed E-state index contributed by atoms with van der Waals surface area (Å²) in [5.74, 6) is -0.662. The Morgan fingerprint density at radius 1 is 1.13 bits per heavy atom. The Kier molecular flexibility index (Phi) is 7.94. The summed E-state index contributed by atoms with van der Waals surface area (Å²) in [6.07, 6.45) is 4.59. The number of aromatic nitrogens is 3. The van der Waals surface area contributed by atoms with Crippen LogP contribution < -0.4 is 20.5 Å². The lowest BCUT2D eigenvalue weighted by Crippen LogP contribution is -2.29. The number of nitrogens with zero attached hydrogens (tertiary/aromatic N) is 3. The van der Waals surface area contributed by atoms with E-state index in [9.17, 15) is 4.39 Å². The summed E-state index contributed by atoms with van der Waals surface area (Å²) in [6.45, 7) is 3.36. The topological polar surface area (TPSA) is 128 Å². The van der Waals surface area contributed by atoms with E-state index in [4.69, 9.17) is 25.4 Å². The van der Waals surface area contributed by atoms with E-state index in [-0.39, 0.29) is 52.6 Å². The molecule has 1 aliphatic heterocycles. The molecule has 0 saturated carbocycles. The summed E-state index contributed by atoms with van der Waals surface area (Å²) in [5.41, 5.74) is 6.58. The molecule has 0 amide bonds. The first-order valence-corrected chi connectivity index (χ1v) is 13.0. The molecule has 0 spiro atoms. The number of ether oxygens (including phenoxy) is 3. The van der Waals surface area contributed by atoms with E-state index >= 15 is 4.39 Å². The number of hydrogen-bond acceptors (Lipinski definition) is 10. The Balaban J connectivity index is 1.32. The van der Waals surface area contributed by atoms with Crippen molar-refractivity contribution in [3.05, 3.63) is 81.6 Å². The van der Waals surface area contributed by atoms with Gasteiger partial charge in [0.15, 0.2) is 11.6 Å². The predicted molar refractivity (Wildman–Crippen MR) is 144 cm³/mol. The minimum absolute atomic E-state index is 0.0483. The zero-order valence-electron chi connectivity index (χ0n) is 21.0. The molecule has 39 heavy (non-hydrogen) atoms. The lowest BCUT2D eigenvalue weighted by molar-refractivity contribution is 0.0904. The molecule has 0 aliphatic carbocycles. The number of aryl methyl sites for hydroxylation is 1. The molecular weight excluding hydrogens is 526 g/mol. The Bertz CT molecular complexity index is 1490. The number of anilines is 2. The smallest absolute Gasteiger partial charge is 0.166 e. The molecule has 1 aliphatic rings. The molecule has 0 atom stereocenters. The summed E-state index contributed by atoms with van der Waals surface area (Å²) < 4.78 is 46.0. The highest BCUT2D eigenvalue weighted by atomic mass is 32.1. The Hall–Kier alpha value is -4.16. The van der Waals surface area contributed by atoms with Crippen molar-refractivity contribution in [3.63, 3.8) is 0 Å². The van der Waals surface area contributed by atoms with Crippen LogP contribution in [0.25, 0.3) is 0 Å². The van der Waals surface area contributed by atoms with E-state index in [0.29, 0.717) is 19.0 Å². The normalized spacial score (nSPS) is 13.7. The van der Waals surface area contributed by atoms with Crippen LogP contribution in [0, 0.1) is 24.0 Å². The number of nitrogens with two attached hydrogens (primary N) is 1. The van der Waals surface area contributed by atoms with Gasteiger partial charge in [0.1, 0.15) is 41.9 Å². The maximum atomic E-state index is 15.1.